The zero-order valence-electron chi connectivity index (χ0n) is 10.4. The summed E-state index contributed by atoms with van der Waals surface area (Å²) in [5, 5.41) is 3.05. The van der Waals surface area contributed by atoms with E-state index in [1.54, 1.807) is 12.4 Å². The van der Waals surface area contributed by atoms with E-state index in [4.69, 9.17) is 0 Å². The molecule has 0 saturated heterocycles. The number of hydrogen-bond donors (Lipinski definition) is 2. The second-order valence-electron chi connectivity index (χ2n) is 4.17. The average molecular weight is 269 g/mol. The lowest BCUT2D eigenvalue weighted by Gasteiger charge is -2.15. The Balaban J connectivity index is 2.08. The van der Waals surface area contributed by atoms with Crippen LogP contribution in [0.15, 0.2) is 24.5 Å². The van der Waals surface area contributed by atoms with Gasteiger partial charge in [0.2, 0.25) is 0 Å². The number of halogens is 3. The van der Waals surface area contributed by atoms with Crippen LogP contribution in [0.2, 0.25) is 0 Å². The lowest BCUT2D eigenvalue weighted by Crippen LogP contribution is -2.22. The van der Waals surface area contributed by atoms with E-state index in [1.807, 2.05) is 6.92 Å². The maximum atomic E-state index is 13.5. The van der Waals surface area contributed by atoms with Crippen LogP contribution in [-0.4, -0.2) is 9.97 Å². The van der Waals surface area contributed by atoms with Crippen LogP contribution in [-0.2, 0) is 6.54 Å². The molecule has 3 nitrogen and oxygen atoms in total. The van der Waals surface area contributed by atoms with E-state index in [1.165, 1.54) is 0 Å². The van der Waals surface area contributed by atoms with Gasteiger partial charge in [-0.15, -0.1) is 0 Å². The molecule has 0 fully saturated rings. The van der Waals surface area contributed by atoms with Crippen molar-refractivity contribution in [2.24, 2.45) is 0 Å². The molecule has 2 aromatic rings. The van der Waals surface area contributed by atoms with Crippen molar-refractivity contribution in [2.75, 3.05) is 0 Å². The lowest BCUT2D eigenvalue weighted by atomic mass is 10.1. The van der Waals surface area contributed by atoms with Crippen LogP contribution in [0.25, 0.3) is 0 Å². The highest BCUT2D eigenvalue weighted by molar-refractivity contribution is 5.20. The molecule has 2 N–H and O–H groups in total. The Hall–Kier alpha value is -1.82. The highest BCUT2D eigenvalue weighted by Gasteiger charge is 2.14. The molecule has 0 aliphatic carbocycles. The van der Waals surface area contributed by atoms with Gasteiger partial charge < -0.3 is 10.3 Å². The minimum absolute atomic E-state index is 0.0870. The number of benzene rings is 1. The largest absolute Gasteiger partial charge is 0.347 e. The number of aromatic nitrogens is 2. The molecule has 0 saturated carbocycles. The second kappa shape index (κ2) is 5.88. The Labute approximate surface area is 108 Å². The van der Waals surface area contributed by atoms with Gasteiger partial charge in [-0.25, -0.2) is 18.2 Å². The molecule has 1 aromatic carbocycles. The first-order chi connectivity index (χ1) is 9.11. The first-order valence-electron chi connectivity index (χ1n) is 5.98. The molecule has 0 spiro atoms. The maximum absolute atomic E-state index is 13.5. The van der Waals surface area contributed by atoms with Crippen LogP contribution in [0.1, 0.15) is 30.8 Å². The third-order valence-corrected chi connectivity index (χ3v) is 2.89. The quantitative estimate of drug-likeness (QED) is 0.819. The topological polar surface area (TPSA) is 40.7 Å². The molecule has 102 valence electrons. The zero-order chi connectivity index (χ0) is 13.8. The SMILES string of the molecule is CCC(NCc1cc(F)c(F)cc1F)c1ncc[nH]1. The minimum Gasteiger partial charge on any atom is -0.347 e. The van der Waals surface area contributed by atoms with Crippen LogP contribution in [0.5, 0.6) is 0 Å². The van der Waals surface area contributed by atoms with E-state index in [-0.39, 0.29) is 18.2 Å². The number of imidazole rings is 1. The molecule has 0 aliphatic heterocycles. The van der Waals surface area contributed by atoms with Crippen molar-refractivity contribution < 1.29 is 13.2 Å². The normalized spacial score (nSPS) is 12.6. The molecule has 19 heavy (non-hydrogen) atoms. The van der Waals surface area contributed by atoms with Crippen molar-refractivity contribution in [3.63, 3.8) is 0 Å². The molecule has 0 bridgehead atoms. The summed E-state index contributed by atoms with van der Waals surface area (Å²) in [6.45, 7) is 2.05. The molecule has 1 atom stereocenters. The summed E-state index contributed by atoms with van der Waals surface area (Å²) in [6.07, 6.45) is 4.05. The second-order valence-corrected chi connectivity index (χ2v) is 4.17. The first-order valence-corrected chi connectivity index (χ1v) is 5.98. The molecule has 1 unspecified atom stereocenters. The standard InChI is InChI=1S/C13H14F3N3/c1-2-12(13-17-3-4-18-13)19-7-8-5-10(15)11(16)6-9(8)14/h3-6,12,19H,2,7H2,1H3,(H,17,18). The van der Waals surface area contributed by atoms with Crippen molar-refractivity contribution in [1.29, 1.82) is 0 Å². The molecular formula is C13H14F3N3. The summed E-state index contributed by atoms with van der Waals surface area (Å²) in [6, 6.07) is 1.33. The maximum Gasteiger partial charge on any atom is 0.161 e. The van der Waals surface area contributed by atoms with E-state index in [0.29, 0.717) is 6.07 Å². The number of H-pyrrole nitrogens is 1. The molecular weight excluding hydrogens is 255 g/mol. The van der Waals surface area contributed by atoms with E-state index in [2.05, 4.69) is 15.3 Å². The third kappa shape index (κ3) is 3.14. The average Bonchev–Trinajstić information content (AvgIpc) is 2.90. The van der Waals surface area contributed by atoms with Gasteiger partial charge in [0.15, 0.2) is 11.6 Å². The smallest absolute Gasteiger partial charge is 0.161 e. The van der Waals surface area contributed by atoms with Gasteiger partial charge in [0, 0.05) is 30.6 Å². The Bertz CT molecular complexity index is 540. The first kappa shape index (κ1) is 13.6. The van der Waals surface area contributed by atoms with Crippen molar-refractivity contribution >= 4 is 0 Å². The van der Waals surface area contributed by atoms with Crippen LogP contribution in [0.4, 0.5) is 13.2 Å². The van der Waals surface area contributed by atoms with E-state index >= 15 is 0 Å². The van der Waals surface area contributed by atoms with Crippen molar-refractivity contribution in [3.05, 3.63) is 53.4 Å². The van der Waals surface area contributed by atoms with Gasteiger partial charge >= 0.3 is 0 Å². The predicted molar refractivity (Wildman–Crippen MR) is 64.8 cm³/mol. The number of hydrogen-bond acceptors (Lipinski definition) is 2. The number of aromatic amines is 1. The molecule has 1 heterocycles. The highest BCUT2D eigenvalue weighted by atomic mass is 19.2. The Morgan fingerprint density at radius 3 is 2.58 bits per heavy atom. The van der Waals surface area contributed by atoms with Gasteiger partial charge in [0.1, 0.15) is 11.6 Å². The molecule has 0 aliphatic rings. The summed E-state index contributed by atoms with van der Waals surface area (Å²) >= 11 is 0. The van der Waals surface area contributed by atoms with Crippen LogP contribution in [0, 0.1) is 17.5 Å². The highest BCUT2D eigenvalue weighted by Crippen LogP contribution is 2.16. The van der Waals surface area contributed by atoms with Gasteiger partial charge in [0.05, 0.1) is 6.04 Å². The van der Waals surface area contributed by atoms with Crippen LogP contribution < -0.4 is 5.32 Å². The monoisotopic (exact) mass is 269 g/mol. The van der Waals surface area contributed by atoms with Gasteiger partial charge in [-0.2, -0.15) is 0 Å². The summed E-state index contributed by atoms with van der Waals surface area (Å²) in [4.78, 5) is 7.07. The fourth-order valence-electron chi connectivity index (χ4n) is 1.83. The fourth-order valence-corrected chi connectivity index (χ4v) is 1.83. The van der Waals surface area contributed by atoms with Crippen molar-refractivity contribution in [1.82, 2.24) is 15.3 Å². The Morgan fingerprint density at radius 2 is 1.95 bits per heavy atom. The number of nitrogens with one attached hydrogen (secondary N) is 2. The molecule has 0 amide bonds. The number of rotatable bonds is 5. The van der Waals surface area contributed by atoms with Crippen LogP contribution in [0.3, 0.4) is 0 Å². The predicted octanol–water partition coefficient (Wildman–Crippen LogP) is 3.07. The van der Waals surface area contributed by atoms with Crippen molar-refractivity contribution in [3.8, 4) is 0 Å². The lowest BCUT2D eigenvalue weighted by molar-refractivity contribution is 0.467. The van der Waals surface area contributed by atoms with E-state index < -0.39 is 17.5 Å². The summed E-state index contributed by atoms with van der Waals surface area (Å²) < 4.78 is 39.3. The molecule has 2 rings (SSSR count). The number of nitrogens with zero attached hydrogens (tertiary/aromatic N) is 1. The minimum atomic E-state index is -1.18. The third-order valence-electron chi connectivity index (χ3n) is 2.89. The van der Waals surface area contributed by atoms with Crippen molar-refractivity contribution in [2.45, 2.75) is 25.9 Å². The summed E-state index contributed by atoms with van der Waals surface area (Å²) in [7, 11) is 0. The van der Waals surface area contributed by atoms with Gasteiger partial charge in [-0.3, -0.25) is 0 Å². The zero-order valence-corrected chi connectivity index (χ0v) is 10.4. The van der Waals surface area contributed by atoms with E-state index in [9.17, 15) is 13.2 Å². The van der Waals surface area contributed by atoms with Gasteiger partial charge in [0.25, 0.3) is 0 Å². The van der Waals surface area contributed by atoms with Gasteiger partial charge in [-0.1, -0.05) is 6.92 Å². The molecule has 6 heteroatoms. The summed E-state index contributed by atoms with van der Waals surface area (Å²) in [5.74, 6) is -2.27. The Morgan fingerprint density at radius 1 is 1.21 bits per heavy atom. The van der Waals surface area contributed by atoms with E-state index in [0.717, 1.165) is 18.3 Å². The molecule has 0 radical (unpaired) electrons. The Kier molecular flexibility index (Phi) is 4.21. The van der Waals surface area contributed by atoms with Crippen LogP contribution >= 0.6 is 0 Å². The molecule has 1 aromatic heterocycles. The van der Waals surface area contributed by atoms with Gasteiger partial charge in [-0.05, 0) is 12.5 Å². The summed E-state index contributed by atoms with van der Waals surface area (Å²) in [5.41, 5.74) is 0.0870. The fraction of sp³-hybridized carbons (Fsp3) is 0.308.